The SMILES string of the molecule is Cc1cc(C)c(N(C)C(C)CC#N)c(C)c1. The molecule has 0 aliphatic rings. The van der Waals surface area contributed by atoms with Crippen molar-refractivity contribution >= 4 is 5.69 Å². The fourth-order valence-corrected chi connectivity index (χ4v) is 2.22. The van der Waals surface area contributed by atoms with Crippen LogP contribution in [0, 0.1) is 32.1 Å². The third-order valence-electron chi connectivity index (χ3n) is 3.04. The van der Waals surface area contributed by atoms with Crippen molar-refractivity contribution in [2.24, 2.45) is 0 Å². The average molecular weight is 216 g/mol. The number of hydrogen-bond acceptors (Lipinski definition) is 2. The molecule has 0 saturated carbocycles. The van der Waals surface area contributed by atoms with E-state index in [1.54, 1.807) is 0 Å². The summed E-state index contributed by atoms with van der Waals surface area (Å²) in [6, 6.07) is 6.87. The Bertz CT molecular complexity index is 392. The molecule has 2 heteroatoms. The van der Waals surface area contributed by atoms with Crippen LogP contribution in [0.25, 0.3) is 0 Å². The van der Waals surface area contributed by atoms with Crippen LogP contribution in [0.15, 0.2) is 12.1 Å². The molecule has 0 saturated heterocycles. The molecule has 1 aromatic rings. The molecule has 1 aromatic carbocycles. The number of anilines is 1. The van der Waals surface area contributed by atoms with Crippen molar-refractivity contribution in [3.05, 3.63) is 28.8 Å². The Balaban J connectivity index is 3.09. The monoisotopic (exact) mass is 216 g/mol. The molecule has 1 unspecified atom stereocenters. The molecule has 16 heavy (non-hydrogen) atoms. The van der Waals surface area contributed by atoms with Crippen LogP contribution in [0.5, 0.6) is 0 Å². The summed E-state index contributed by atoms with van der Waals surface area (Å²) in [4.78, 5) is 2.20. The zero-order valence-electron chi connectivity index (χ0n) is 10.8. The fourth-order valence-electron chi connectivity index (χ4n) is 2.22. The Morgan fingerprint density at radius 2 is 1.75 bits per heavy atom. The molecule has 0 aromatic heterocycles. The van der Waals surface area contributed by atoms with Gasteiger partial charge in [-0.25, -0.2) is 0 Å². The first-order valence-electron chi connectivity index (χ1n) is 5.65. The largest absolute Gasteiger partial charge is 0.370 e. The van der Waals surface area contributed by atoms with E-state index in [1.807, 2.05) is 0 Å². The summed E-state index contributed by atoms with van der Waals surface area (Å²) in [5.41, 5.74) is 5.11. The molecule has 0 N–H and O–H groups in total. The van der Waals surface area contributed by atoms with E-state index in [0.29, 0.717) is 6.42 Å². The maximum absolute atomic E-state index is 8.74. The number of hydrogen-bond donors (Lipinski definition) is 0. The molecule has 86 valence electrons. The number of nitriles is 1. The molecule has 2 nitrogen and oxygen atoms in total. The Labute approximate surface area is 98.5 Å². The number of rotatable bonds is 3. The molecule has 0 aliphatic carbocycles. The third kappa shape index (κ3) is 2.55. The van der Waals surface area contributed by atoms with E-state index >= 15 is 0 Å². The smallest absolute Gasteiger partial charge is 0.0643 e. The van der Waals surface area contributed by atoms with Gasteiger partial charge in [-0.15, -0.1) is 0 Å². The quantitative estimate of drug-likeness (QED) is 0.774. The summed E-state index contributed by atoms with van der Waals surface area (Å²) >= 11 is 0. The van der Waals surface area contributed by atoms with Gasteiger partial charge in [0.2, 0.25) is 0 Å². The van der Waals surface area contributed by atoms with Gasteiger partial charge in [0.05, 0.1) is 12.5 Å². The summed E-state index contributed by atoms with van der Waals surface area (Å²) < 4.78 is 0. The highest BCUT2D eigenvalue weighted by molar-refractivity contribution is 5.60. The highest BCUT2D eigenvalue weighted by atomic mass is 15.1. The van der Waals surface area contributed by atoms with Crippen LogP contribution in [0.1, 0.15) is 30.0 Å². The second-order valence-corrected chi connectivity index (χ2v) is 4.57. The van der Waals surface area contributed by atoms with Gasteiger partial charge in [-0.2, -0.15) is 5.26 Å². The van der Waals surface area contributed by atoms with Gasteiger partial charge in [-0.3, -0.25) is 0 Å². The van der Waals surface area contributed by atoms with E-state index in [2.05, 4.69) is 57.8 Å². The van der Waals surface area contributed by atoms with Gasteiger partial charge in [-0.05, 0) is 38.8 Å². The molecule has 1 atom stereocenters. The van der Waals surface area contributed by atoms with Gasteiger partial charge >= 0.3 is 0 Å². The van der Waals surface area contributed by atoms with Crippen molar-refractivity contribution in [2.45, 2.75) is 40.2 Å². The predicted octanol–water partition coefficient (Wildman–Crippen LogP) is 3.35. The van der Waals surface area contributed by atoms with Gasteiger partial charge in [0, 0.05) is 18.8 Å². The first kappa shape index (κ1) is 12.6. The lowest BCUT2D eigenvalue weighted by atomic mass is 10.0. The van der Waals surface area contributed by atoms with E-state index in [1.165, 1.54) is 22.4 Å². The van der Waals surface area contributed by atoms with Gasteiger partial charge in [-0.1, -0.05) is 17.7 Å². The molecule has 0 bridgehead atoms. The van der Waals surface area contributed by atoms with E-state index in [4.69, 9.17) is 5.26 Å². The van der Waals surface area contributed by atoms with E-state index in [9.17, 15) is 0 Å². The third-order valence-corrected chi connectivity index (χ3v) is 3.04. The zero-order valence-corrected chi connectivity index (χ0v) is 10.8. The van der Waals surface area contributed by atoms with Gasteiger partial charge in [0.15, 0.2) is 0 Å². The molecule has 0 aliphatic heterocycles. The second kappa shape index (κ2) is 5.03. The highest BCUT2D eigenvalue weighted by Crippen LogP contribution is 2.27. The van der Waals surface area contributed by atoms with E-state index in [0.717, 1.165) is 0 Å². The zero-order chi connectivity index (χ0) is 12.3. The normalized spacial score (nSPS) is 12.0. The standard InChI is InChI=1S/C14H20N2/c1-10-8-11(2)14(12(3)9-10)16(5)13(4)6-7-15/h8-9,13H,6H2,1-5H3. The van der Waals surface area contributed by atoms with Crippen LogP contribution < -0.4 is 4.90 Å². The maximum atomic E-state index is 8.74. The summed E-state index contributed by atoms with van der Waals surface area (Å²) in [6.07, 6.45) is 0.559. The van der Waals surface area contributed by atoms with Crippen LogP contribution in [0.4, 0.5) is 5.69 Å². The van der Waals surface area contributed by atoms with Crippen molar-refractivity contribution in [3.8, 4) is 6.07 Å². The topological polar surface area (TPSA) is 27.0 Å². The average Bonchev–Trinajstić information content (AvgIpc) is 2.16. The molecular weight excluding hydrogens is 196 g/mol. The minimum absolute atomic E-state index is 0.255. The van der Waals surface area contributed by atoms with Crippen molar-refractivity contribution in [3.63, 3.8) is 0 Å². The molecule has 0 amide bonds. The first-order valence-corrected chi connectivity index (χ1v) is 5.65. The number of nitrogens with zero attached hydrogens (tertiary/aromatic N) is 2. The van der Waals surface area contributed by atoms with Crippen LogP contribution in [-0.2, 0) is 0 Å². The Morgan fingerprint density at radius 1 is 1.25 bits per heavy atom. The van der Waals surface area contributed by atoms with Gasteiger partial charge in [0.1, 0.15) is 0 Å². The molecule has 0 heterocycles. The van der Waals surface area contributed by atoms with Crippen molar-refractivity contribution in [1.82, 2.24) is 0 Å². The Hall–Kier alpha value is -1.49. The van der Waals surface area contributed by atoms with Crippen LogP contribution in [0.2, 0.25) is 0 Å². The minimum atomic E-state index is 0.255. The molecule has 0 spiro atoms. The van der Waals surface area contributed by atoms with Gasteiger partial charge in [0.25, 0.3) is 0 Å². The Kier molecular flexibility index (Phi) is 3.95. The summed E-state index contributed by atoms with van der Waals surface area (Å²) in [6.45, 7) is 8.46. The molecule has 0 fully saturated rings. The maximum Gasteiger partial charge on any atom is 0.0643 e. The van der Waals surface area contributed by atoms with Crippen molar-refractivity contribution in [1.29, 1.82) is 5.26 Å². The van der Waals surface area contributed by atoms with E-state index in [-0.39, 0.29) is 6.04 Å². The van der Waals surface area contributed by atoms with Crippen molar-refractivity contribution in [2.75, 3.05) is 11.9 Å². The molecule has 1 rings (SSSR count). The highest BCUT2D eigenvalue weighted by Gasteiger charge is 2.14. The van der Waals surface area contributed by atoms with Gasteiger partial charge < -0.3 is 4.90 Å². The van der Waals surface area contributed by atoms with Crippen LogP contribution in [-0.4, -0.2) is 13.1 Å². The minimum Gasteiger partial charge on any atom is -0.370 e. The summed E-state index contributed by atoms with van der Waals surface area (Å²) in [5, 5.41) is 8.74. The fraction of sp³-hybridized carbons (Fsp3) is 0.500. The van der Waals surface area contributed by atoms with Crippen molar-refractivity contribution < 1.29 is 0 Å². The van der Waals surface area contributed by atoms with E-state index < -0.39 is 0 Å². The lowest BCUT2D eigenvalue weighted by Crippen LogP contribution is -2.29. The predicted molar refractivity (Wildman–Crippen MR) is 68.7 cm³/mol. The molecule has 0 radical (unpaired) electrons. The Morgan fingerprint density at radius 3 is 2.19 bits per heavy atom. The van der Waals surface area contributed by atoms with Crippen LogP contribution in [0.3, 0.4) is 0 Å². The number of aryl methyl sites for hydroxylation is 3. The van der Waals surface area contributed by atoms with Crippen LogP contribution >= 0.6 is 0 Å². The first-order chi connectivity index (χ1) is 7.47. The lowest BCUT2D eigenvalue weighted by molar-refractivity contribution is 0.699. The summed E-state index contributed by atoms with van der Waals surface area (Å²) in [5.74, 6) is 0. The second-order valence-electron chi connectivity index (χ2n) is 4.57. The molecular formula is C14H20N2. The number of benzene rings is 1. The lowest BCUT2D eigenvalue weighted by Gasteiger charge is -2.29. The summed E-state index contributed by atoms with van der Waals surface area (Å²) in [7, 11) is 2.06.